The molecule has 106 valence electrons. The van der Waals surface area contributed by atoms with Crippen LogP contribution in [0.3, 0.4) is 0 Å². The van der Waals surface area contributed by atoms with Crippen molar-refractivity contribution in [3.63, 3.8) is 0 Å². The first kappa shape index (κ1) is 13.0. The van der Waals surface area contributed by atoms with Crippen LogP contribution < -0.4 is 9.64 Å². The van der Waals surface area contributed by atoms with Gasteiger partial charge in [-0.05, 0) is 38.8 Å². The molecule has 20 heavy (non-hydrogen) atoms. The van der Waals surface area contributed by atoms with Crippen molar-refractivity contribution in [3.8, 4) is 5.75 Å². The van der Waals surface area contributed by atoms with Crippen molar-refractivity contribution in [1.29, 1.82) is 0 Å². The topological polar surface area (TPSA) is 41.1 Å². The standard InChI is InChI=1S/C16H21N3O/c1-12(2)20-16-7-3-6-15-14(16)5-4-8-19(15)10-13-9-17-11-18-13/h3,6-7,9,11-12H,4-5,8,10H2,1-2H3,(H,17,18). The summed E-state index contributed by atoms with van der Waals surface area (Å²) in [5.41, 5.74) is 3.70. The average molecular weight is 271 g/mol. The number of hydrogen-bond acceptors (Lipinski definition) is 3. The van der Waals surface area contributed by atoms with Gasteiger partial charge >= 0.3 is 0 Å². The molecular weight excluding hydrogens is 250 g/mol. The van der Waals surface area contributed by atoms with Gasteiger partial charge in [0.25, 0.3) is 0 Å². The SMILES string of the molecule is CC(C)Oc1cccc2c1CCCN2Cc1c[nH]cn1. The third kappa shape index (κ3) is 2.64. The first-order valence-electron chi connectivity index (χ1n) is 7.25. The molecule has 0 unspecified atom stereocenters. The Morgan fingerprint density at radius 1 is 1.40 bits per heavy atom. The summed E-state index contributed by atoms with van der Waals surface area (Å²) in [5, 5.41) is 0. The second-order valence-corrected chi connectivity index (χ2v) is 5.51. The third-order valence-corrected chi connectivity index (χ3v) is 3.57. The quantitative estimate of drug-likeness (QED) is 0.928. The predicted molar refractivity (Wildman–Crippen MR) is 80.2 cm³/mol. The molecule has 2 aromatic rings. The lowest BCUT2D eigenvalue weighted by atomic mass is 10.0. The monoisotopic (exact) mass is 271 g/mol. The molecule has 1 aliphatic rings. The van der Waals surface area contributed by atoms with E-state index in [2.05, 4.69) is 46.9 Å². The molecule has 0 saturated carbocycles. The highest BCUT2D eigenvalue weighted by atomic mass is 16.5. The van der Waals surface area contributed by atoms with Gasteiger partial charge in [-0.2, -0.15) is 0 Å². The predicted octanol–water partition coefficient (Wildman–Crippen LogP) is 3.15. The zero-order valence-corrected chi connectivity index (χ0v) is 12.1. The van der Waals surface area contributed by atoms with E-state index in [-0.39, 0.29) is 6.10 Å². The summed E-state index contributed by atoms with van der Waals surface area (Å²) in [6, 6.07) is 6.35. The Balaban J connectivity index is 1.88. The summed E-state index contributed by atoms with van der Waals surface area (Å²) >= 11 is 0. The smallest absolute Gasteiger partial charge is 0.124 e. The molecule has 0 amide bonds. The van der Waals surface area contributed by atoms with Gasteiger partial charge in [-0.3, -0.25) is 0 Å². The van der Waals surface area contributed by atoms with Crippen LogP contribution in [0, 0.1) is 0 Å². The highest BCUT2D eigenvalue weighted by Gasteiger charge is 2.21. The van der Waals surface area contributed by atoms with Crippen LogP contribution in [-0.2, 0) is 13.0 Å². The van der Waals surface area contributed by atoms with Crippen LogP contribution in [0.25, 0.3) is 0 Å². The summed E-state index contributed by atoms with van der Waals surface area (Å²) < 4.78 is 5.95. The van der Waals surface area contributed by atoms with Crippen molar-refractivity contribution >= 4 is 5.69 Å². The molecule has 0 atom stereocenters. The molecule has 0 spiro atoms. The molecule has 4 heteroatoms. The number of imidazole rings is 1. The van der Waals surface area contributed by atoms with Crippen LogP contribution in [0.15, 0.2) is 30.7 Å². The molecule has 4 nitrogen and oxygen atoms in total. The van der Waals surface area contributed by atoms with E-state index >= 15 is 0 Å². The lowest BCUT2D eigenvalue weighted by molar-refractivity contribution is 0.239. The molecule has 2 heterocycles. The third-order valence-electron chi connectivity index (χ3n) is 3.57. The maximum atomic E-state index is 5.95. The van der Waals surface area contributed by atoms with E-state index in [0.29, 0.717) is 0 Å². The van der Waals surface area contributed by atoms with E-state index < -0.39 is 0 Å². The van der Waals surface area contributed by atoms with Crippen LogP contribution in [-0.4, -0.2) is 22.6 Å². The number of benzene rings is 1. The molecule has 1 aromatic heterocycles. The lowest BCUT2D eigenvalue weighted by Crippen LogP contribution is -2.29. The highest BCUT2D eigenvalue weighted by Crippen LogP contribution is 2.35. The molecule has 0 aliphatic carbocycles. The van der Waals surface area contributed by atoms with Gasteiger partial charge in [0.1, 0.15) is 5.75 Å². The zero-order valence-electron chi connectivity index (χ0n) is 12.1. The van der Waals surface area contributed by atoms with Crippen LogP contribution >= 0.6 is 0 Å². The fourth-order valence-electron chi connectivity index (χ4n) is 2.77. The van der Waals surface area contributed by atoms with Crippen molar-refractivity contribution in [3.05, 3.63) is 42.0 Å². The maximum absolute atomic E-state index is 5.95. The summed E-state index contributed by atoms with van der Waals surface area (Å²) in [7, 11) is 0. The van der Waals surface area contributed by atoms with E-state index in [0.717, 1.165) is 37.4 Å². The lowest BCUT2D eigenvalue weighted by Gasteiger charge is -2.32. The Hall–Kier alpha value is -1.97. The minimum atomic E-state index is 0.211. The van der Waals surface area contributed by atoms with Gasteiger partial charge in [0, 0.05) is 24.0 Å². The number of nitrogens with zero attached hydrogens (tertiary/aromatic N) is 2. The van der Waals surface area contributed by atoms with Crippen molar-refractivity contribution in [1.82, 2.24) is 9.97 Å². The van der Waals surface area contributed by atoms with E-state index in [4.69, 9.17) is 4.74 Å². The van der Waals surface area contributed by atoms with Crippen molar-refractivity contribution in [2.45, 2.75) is 39.3 Å². The van der Waals surface area contributed by atoms with Gasteiger partial charge in [-0.1, -0.05) is 6.07 Å². The second-order valence-electron chi connectivity index (χ2n) is 5.51. The van der Waals surface area contributed by atoms with Gasteiger partial charge in [0.05, 0.1) is 24.7 Å². The summed E-state index contributed by atoms with van der Waals surface area (Å²) in [6.07, 6.45) is 6.16. The van der Waals surface area contributed by atoms with Gasteiger partial charge in [0.15, 0.2) is 0 Å². The second kappa shape index (κ2) is 5.57. The Morgan fingerprint density at radius 3 is 3.05 bits per heavy atom. The highest BCUT2D eigenvalue weighted by molar-refractivity contribution is 5.61. The van der Waals surface area contributed by atoms with E-state index in [9.17, 15) is 0 Å². The number of rotatable bonds is 4. The number of fused-ring (bicyclic) bond motifs is 1. The maximum Gasteiger partial charge on any atom is 0.124 e. The van der Waals surface area contributed by atoms with Gasteiger partial charge in [-0.15, -0.1) is 0 Å². The van der Waals surface area contributed by atoms with E-state index in [1.54, 1.807) is 6.33 Å². The number of ether oxygens (including phenoxy) is 1. The Morgan fingerprint density at radius 2 is 2.30 bits per heavy atom. The fraction of sp³-hybridized carbons (Fsp3) is 0.438. The van der Waals surface area contributed by atoms with E-state index in [1.807, 2.05) is 6.20 Å². The summed E-state index contributed by atoms with van der Waals surface area (Å²) in [6.45, 7) is 6.07. The number of H-pyrrole nitrogens is 1. The van der Waals surface area contributed by atoms with Crippen molar-refractivity contribution < 1.29 is 4.74 Å². The largest absolute Gasteiger partial charge is 0.491 e. The number of anilines is 1. The summed E-state index contributed by atoms with van der Waals surface area (Å²) in [5.74, 6) is 1.03. The Bertz CT molecular complexity index is 563. The molecule has 0 fully saturated rings. The first-order chi connectivity index (χ1) is 9.74. The van der Waals surface area contributed by atoms with Gasteiger partial charge < -0.3 is 14.6 Å². The molecule has 3 rings (SSSR count). The normalized spacial score (nSPS) is 14.4. The van der Waals surface area contributed by atoms with Crippen molar-refractivity contribution in [2.24, 2.45) is 0 Å². The fourth-order valence-corrected chi connectivity index (χ4v) is 2.77. The molecule has 0 radical (unpaired) electrons. The van der Waals surface area contributed by atoms with Crippen LogP contribution in [0.1, 0.15) is 31.5 Å². The molecule has 0 saturated heterocycles. The molecule has 1 aliphatic heterocycles. The number of aromatic amines is 1. The molecular formula is C16H21N3O. The van der Waals surface area contributed by atoms with Gasteiger partial charge in [-0.25, -0.2) is 4.98 Å². The molecule has 1 N–H and O–H groups in total. The zero-order chi connectivity index (χ0) is 13.9. The van der Waals surface area contributed by atoms with Crippen LogP contribution in [0.2, 0.25) is 0 Å². The van der Waals surface area contributed by atoms with Crippen LogP contribution in [0.5, 0.6) is 5.75 Å². The Kier molecular flexibility index (Phi) is 3.63. The first-order valence-corrected chi connectivity index (χ1v) is 7.25. The van der Waals surface area contributed by atoms with Crippen molar-refractivity contribution in [2.75, 3.05) is 11.4 Å². The molecule has 0 bridgehead atoms. The average Bonchev–Trinajstić information content (AvgIpc) is 2.92. The molecule has 1 aromatic carbocycles. The van der Waals surface area contributed by atoms with Crippen LogP contribution in [0.4, 0.5) is 5.69 Å². The van der Waals surface area contributed by atoms with Gasteiger partial charge in [0.2, 0.25) is 0 Å². The minimum Gasteiger partial charge on any atom is -0.491 e. The number of hydrogen-bond donors (Lipinski definition) is 1. The summed E-state index contributed by atoms with van der Waals surface area (Å²) in [4.78, 5) is 9.73. The number of aromatic nitrogens is 2. The number of nitrogens with one attached hydrogen (secondary N) is 1. The minimum absolute atomic E-state index is 0.211. The van der Waals surface area contributed by atoms with E-state index in [1.165, 1.54) is 11.3 Å². The Labute approximate surface area is 119 Å².